The lowest BCUT2D eigenvalue weighted by molar-refractivity contribution is 0.255. The Morgan fingerprint density at radius 3 is 2.52 bits per heavy atom. The van der Waals surface area contributed by atoms with Crippen molar-refractivity contribution in [3.05, 3.63) is 45.9 Å². The molecule has 0 unspecified atom stereocenters. The minimum Gasteiger partial charge on any atom is -0.369 e. The average molecular weight is 415 g/mol. The molecule has 6 nitrogen and oxygen atoms in total. The molecule has 1 aromatic carbocycles. The fourth-order valence-electron chi connectivity index (χ4n) is 3.59. The second-order valence-corrected chi connectivity index (χ2v) is 8.67. The van der Waals surface area contributed by atoms with E-state index in [0.29, 0.717) is 6.54 Å². The monoisotopic (exact) mass is 414 g/mol. The van der Waals surface area contributed by atoms with Gasteiger partial charge in [-0.05, 0) is 45.9 Å². The third-order valence-electron chi connectivity index (χ3n) is 5.16. The first-order valence-electron chi connectivity index (χ1n) is 10.6. The van der Waals surface area contributed by atoms with Crippen LogP contribution in [0.1, 0.15) is 28.9 Å². The summed E-state index contributed by atoms with van der Waals surface area (Å²) < 4.78 is 0. The second-order valence-electron chi connectivity index (χ2n) is 7.38. The molecule has 2 aromatic rings. The van der Waals surface area contributed by atoms with Crippen LogP contribution in [0.4, 0.5) is 5.69 Å². The van der Waals surface area contributed by atoms with Gasteiger partial charge in [0.05, 0.1) is 17.2 Å². The summed E-state index contributed by atoms with van der Waals surface area (Å²) in [6.45, 7) is 14.3. The Bertz CT molecular complexity index is 765. The van der Waals surface area contributed by atoms with Crippen LogP contribution in [-0.4, -0.2) is 61.7 Å². The van der Waals surface area contributed by atoms with Crippen molar-refractivity contribution in [1.82, 2.24) is 20.5 Å². The van der Waals surface area contributed by atoms with Crippen molar-refractivity contribution in [2.24, 2.45) is 4.99 Å². The molecule has 3 rings (SSSR count). The standard InChI is InChI=1S/C22H34N6S/c1-4-23-22(25-17-21-18(2)26-19(3)29-21)24-11-8-12-27-13-15-28(16-14-27)20-9-6-5-7-10-20/h5-7,9-10H,4,8,11-17H2,1-3H3,(H2,23,24,25). The Balaban J connectivity index is 1.37. The fraction of sp³-hybridized carbons (Fsp3) is 0.545. The van der Waals surface area contributed by atoms with E-state index in [1.807, 2.05) is 6.92 Å². The number of rotatable bonds is 8. The zero-order valence-corrected chi connectivity index (χ0v) is 18.8. The molecule has 0 bridgehead atoms. The molecule has 2 heterocycles. The lowest BCUT2D eigenvalue weighted by Gasteiger charge is -2.36. The highest BCUT2D eigenvalue weighted by Gasteiger charge is 2.16. The molecule has 29 heavy (non-hydrogen) atoms. The Morgan fingerprint density at radius 1 is 1.10 bits per heavy atom. The third-order valence-corrected chi connectivity index (χ3v) is 6.22. The van der Waals surface area contributed by atoms with E-state index in [-0.39, 0.29) is 0 Å². The first kappa shape index (κ1) is 21.6. The number of piperazine rings is 1. The van der Waals surface area contributed by atoms with Crippen LogP contribution in [0.3, 0.4) is 0 Å². The van der Waals surface area contributed by atoms with Crippen molar-refractivity contribution in [3.8, 4) is 0 Å². The van der Waals surface area contributed by atoms with Gasteiger partial charge in [0, 0.05) is 49.8 Å². The molecule has 0 aliphatic carbocycles. The molecule has 7 heteroatoms. The van der Waals surface area contributed by atoms with Gasteiger partial charge in [-0.15, -0.1) is 11.3 Å². The van der Waals surface area contributed by atoms with Gasteiger partial charge in [-0.1, -0.05) is 18.2 Å². The average Bonchev–Trinajstić information content (AvgIpc) is 3.07. The molecule has 0 amide bonds. The summed E-state index contributed by atoms with van der Waals surface area (Å²) in [5.41, 5.74) is 2.44. The Morgan fingerprint density at radius 2 is 1.86 bits per heavy atom. The topological polar surface area (TPSA) is 55.8 Å². The van der Waals surface area contributed by atoms with E-state index in [1.165, 1.54) is 10.6 Å². The van der Waals surface area contributed by atoms with Crippen molar-refractivity contribution in [3.63, 3.8) is 0 Å². The number of hydrogen-bond acceptors (Lipinski definition) is 5. The van der Waals surface area contributed by atoms with Gasteiger partial charge in [-0.25, -0.2) is 9.98 Å². The van der Waals surface area contributed by atoms with E-state index in [1.54, 1.807) is 11.3 Å². The van der Waals surface area contributed by atoms with Crippen LogP contribution in [0, 0.1) is 13.8 Å². The highest BCUT2D eigenvalue weighted by atomic mass is 32.1. The van der Waals surface area contributed by atoms with Crippen molar-refractivity contribution in [2.45, 2.75) is 33.7 Å². The number of hydrogen-bond donors (Lipinski definition) is 2. The van der Waals surface area contributed by atoms with Gasteiger partial charge >= 0.3 is 0 Å². The summed E-state index contributed by atoms with van der Waals surface area (Å²) in [4.78, 5) is 15.5. The Hall–Kier alpha value is -2.12. The van der Waals surface area contributed by atoms with Gasteiger partial charge in [0.1, 0.15) is 0 Å². The summed E-state index contributed by atoms with van der Waals surface area (Å²) in [6, 6.07) is 10.7. The molecule has 1 saturated heterocycles. The molecular weight excluding hydrogens is 380 g/mol. The van der Waals surface area contributed by atoms with Gasteiger partial charge in [0.15, 0.2) is 5.96 Å². The van der Waals surface area contributed by atoms with E-state index >= 15 is 0 Å². The van der Waals surface area contributed by atoms with Crippen molar-refractivity contribution >= 4 is 23.0 Å². The minimum atomic E-state index is 0.689. The molecule has 0 saturated carbocycles. The molecule has 1 aromatic heterocycles. The third kappa shape index (κ3) is 6.72. The SMILES string of the molecule is CCNC(=NCc1sc(C)nc1C)NCCCN1CCN(c2ccccc2)CC1. The van der Waals surface area contributed by atoms with E-state index in [4.69, 9.17) is 4.99 Å². The van der Waals surface area contributed by atoms with Crippen LogP contribution in [0.15, 0.2) is 35.3 Å². The number of thiazole rings is 1. The fourth-order valence-corrected chi connectivity index (χ4v) is 4.45. The van der Waals surface area contributed by atoms with Crippen LogP contribution in [0.2, 0.25) is 0 Å². The molecule has 1 aliphatic rings. The zero-order chi connectivity index (χ0) is 20.5. The maximum atomic E-state index is 4.73. The van der Waals surface area contributed by atoms with E-state index in [2.05, 4.69) is 69.6 Å². The van der Waals surface area contributed by atoms with E-state index < -0.39 is 0 Å². The molecule has 0 spiro atoms. The number of aromatic nitrogens is 1. The number of para-hydroxylation sites is 1. The second kappa shape index (κ2) is 11.2. The highest BCUT2D eigenvalue weighted by molar-refractivity contribution is 7.11. The summed E-state index contributed by atoms with van der Waals surface area (Å²) >= 11 is 1.74. The number of anilines is 1. The quantitative estimate of drug-likeness (QED) is 0.395. The summed E-state index contributed by atoms with van der Waals surface area (Å²) in [6.07, 6.45) is 1.12. The lowest BCUT2D eigenvalue weighted by Crippen LogP contribution is -2.47. The van der Waals surface area contributed by atoms with Crippen molar-refractivity contribution in [2.75, 3.05) is 50.7 Å². The summed E-state index contributed by atoms with van der Waals surface area (Å²) in [7, 11) is 0. The molecule has 158 valence electrons. The van der Waals surface area contributed by atoms with Crippen LogP contribution in [0.5, 0.6) is 0 Å². The van der Waals surface area contributed by atoms with Gasteiger partial charge in [-0.3, -0.25) is 4.90 Å². The maximum absolute atomic E-state index is 4.73. The highest BCUT2D eigenvalue weighted by Crippen LogP contribution is 2.18. The molecule has 2 N–H and O–H groups in total. The number of guanidine groups is 1. The minimum absolute atomic E-state index is 0.689. The van der Waals surface area contributed by atoms with E-state index in [9.17, 15) is 0 Å². The largest absolute Gasteiger partial charge is 0.369 e. The van der Waals surface area contributed by atoms with Crippen molar-refractivity contribution in [1.29, 1.82) is 0 Å². The number of benzene rings is 1. The number of nitrogens with one attached hydrogen (secondary N) is 2. The molecule has 0 radical (unpaired) electrons. The smallest absolute Gasteiger partial charge is 0.191 e. The molecular formula is C22H34N6S. The van der Waals surface area contributed by atoms with Crippen molar-refractivity contribution < 1.29 is 0 Å². The van der Waals surface area contributed by atoms with Gasteiger partial charge in [0.25, 0.3) is 0 Å². The van der Waals surface area contributed by atoms with Crippen LogP contribution < -0.4 is 15.5 Å². The van der Waals surface area contributed by atoms with Gasteiger partial charge in [0.2, 0.25) is 0 Å². The Kier molecular flexibility index (Phi) is 8.31. The van der Waals surface area contributed by atoms with Gasteiger partial charge < -0.3 is 15.5 Å². The predicted octanol–water partition coefficient (Wildman–Crippen LogP) is 3.03. The first-order valence-corrected chi connectivity index (χ1v) is 11.4. The molecule has 1 aliphatic heterocycles. The molecule has 1 fully saturated rings. The predicted molar refractivity (Wildman–Crippen MR) is 124 cm³/mol. The number of aliphatic imine (C=N–C) groups is 1. The number of aryl methyl sites for hydroxylation is 2. The maximum Gasteiger partial charge on any atom is 0.191 e. The first-order chi connectivity index (χ1) is 14.2. The molecule has 0 atom stereocenters. The number of nitrogens with zero attached hydrogens (tertiary/aromatic N) is 4. The Labute approximate surface area is 179 Å². The zero-order valence-electron chi connectivity index (χ0n) is 17.9. The normalized spacial score (nSPS) is 15.6. The summed E-state index contributed by atoms with van der Waals surface area (Å²) in [5, 5.41) is 7.93. The van der Waals surface area contributed by atoms with Crippen LogP contribution in [-0.2, 0) is 6.54 Å². The lowest BCUT2D eigenvalue weighted by atomic mass is 10.2. The summed E-state index contributed by atoms with van der Waals surface area (Å²) in [5.74, 6) is 0.895. The van der Waals surface area contributed by atoms with Crippen LogP contribution in [0.25, 0.3) is 0 Å². The van der Waals surface area contributed by atoms with Gasteiger partial charge in [-0.2, -0.15) is 0 Å². The van der Waals surface area contributed by atoms with E-state index in [0.717, 1.165) is 68.9 Å². The van der Waals surface area contributed by atoms with Crippen LogP contribution >= 0.6 is 11.3 Å².